The van der Waals surface area contributed by atoms with Gasteiger partial charge in [0, 0.05) is 0 Å². The number of ether oxygens (including phenoxy) is 1. The van der Waals surface area contributed by atoms with E-state index in [1.54, 1.807) is 18.5 Å². The molecule has 0 amide bonds. The van der Waals surface area contributed by atoms with Crippen LogP contribution in [-0.2, 0) is 4.74 Å². The lowest BCUT2D eigenvalue weighted by Crippen LogP contribution is -2.20. The number of esters is 1. The molecule has 88 valence electrons. The van der Waals surface area contributed by atoms with Crippen LogP contribution in [-0.4, -0.2) is 22.5 Å². The van der Waals surface area contributed by atoms with Gasteiger partial charge in [-0.25, -0.2) is 9.78 Å². The van der Waals surface area contributed by atoms with Gasteiger partial charge in [0.05, 0.1) is 29.5 Å². The highest BCUT2D eigenvalue weighted by atomic mass is 16.5. The molecule has 0 unspecified atom stereocenters. The summed E-state index contributed by atoms with van der Waals surface area (Å²) in [5, 5.41) is 0. The van der Waals surface area contributed by atoms with Gasteiger partial charge in [0.25, 0.3) is 0 Å². The lowest BCUT2D eigenvalue weighted by atomic mass is 9.86. The van der Waals surface area contributed by atoms with Gasteiger partial charge >= 0.3 is 5.97 Å². The van der Waals surface area contributed by atoms with Crippen LogP contribution in [0.2, 0.25) is 0 Å². The smallest absolute Gasteiger partial charge is 0.338 e. The first-order valence-electron chi connectivity index (χ1n) is 5.93. The minimum atomic E-state index is -0.242. The number of fused-ring (bicyclic) bond motifs is 1. The molecule has 3 rings (SSSR count). The molecule has 0 bridgehead atoms. The number of aromatic nitrogens is 2. The summed E-state index contributed by atoms with van der Waals surface area (Å²) in [5.41, 5.74) is 2.31. The summed E-state index contributed by atoms with van der Waals surface area (Å²) in [6.45, 7) is 0.555. The van der Waals surface area contributed by atoms with E-state index in [0.717, 1.165) is 11.0 Å². The Morgan fingerprint density at radius 1 is 1.47 bits per heavy atom. The first-order chi connectivity index (χ1) is 8.33. The molecule has 2 aromatic rings. The standard InChI is InChI=1S/C13H14N2O2/c16-13(17-7-9-2-1-3-9)10-4-5-11-12(6-10)15-8-14-11/h4-6,8-9H,1-3,7H2,(H,14,15). The third kappa shape index (κ3) is 2.02. The minimum Gasteiger partial charge on any atom is -0.462 e. The quantitative estimate of drug-likeness (QED) is 0.824. The zero-order valence-corrected chi connectivity index (χ0v) is 9.48. The van der Waals surface area contributed by atoms with E-state index in [1.165, 1.54) is 19.3 Å². The zero-order chi connectivity index (χ0) is 11.7. The van der Waals surface area contributed by atoms with Crippen LogP contribution in [0.25, 0.3) is 11.0 Å². The van der Waals surface area contributed by atoms with Gasteiger partial charge in [-0.15, -0.1) is 0 Å². The maximum atomic E-state index is 11.8. The molecule has 1 saturated carbocycles. The lowest BCUT2D eigenvalue weighted by molar-refractivity contribution is 0.0371. The number of carbonyl (C=O) groups is 1. The summed E-state index contributed by atoms with van der Waals surface area (Å²) in [6, 6.07) is 5.36. The van der Waals surface area contributed by atoms with E-state index < -0.39 is 0 Å². The molecular formula is C13H14N2O2. The average molecular weight is 230 g/mol. The first kappa shape index (κ1) is 10.3. The first-order valence-corrected chi connectivity index (χ1v) is 5.93. The predicted molar refractivity (Wildman–Crippen MR) is 63.7 cm³/mol. The molecule has 4 heteroatoms. The van der Waals surface area contributed by atoms with Crippen LogP contribution in [0, 0.1) is 5.92 Å². The molecule has 1 aromatic carbocycles. The molecule has 1 N–H and O–H groups in total. The van der Waals surface area contributed by atoms with Crippen molar-refractivity contribution in [3.63, 3.8) is 0 Å². The van der Waals surface area contributed by atoms with Gasteiger partial charge in [-0.2, -0.15) is 0 Å². The topological polar surface area (TPSA) is 55.0 Å². The van der Waals surface area contributed by atoms with E-state index in [0.29, 0.717) is 18.1 Å². The fourth-order valence-corrected chi connectivity index (χ4v) is 2.00. The van der Waals surface area contributed by atoms with Gasteiger partial charge < -0.3 is 9.72 Å². The highest BCUT2D eigenvalue weighted by Crippen LogP contribution is 2.26. The maximum Gasteiger partial charge on any atom is 0.338 e. The molecule has 1 heterocycles. The second kappa shape index (κ2) is 4.20. The summed E-state index contributed by atoms with van der Waals surface area (Å²) in [7, 11) is 0. The summed E-state index contributed by atoms with van der Waals surface area (Å²) >= 11 is 0. The number of H-pyrrole nitrogens is 1. The van der Waals surface area contributed by atoms with Crippen molar-refractivity contribution in [2.24, 2.45) is 5.92 Å². The SMILES string of the molecule is O=C(OCC1CCC1)c1ccc2nc[nH]c2c1. The second-order valence-electron chi connectivity index (χ2n) is 4.53. The summed E-state index contributed by atoms with van der Waals surface area (Å²) in [5.74, 6) is 0.336. The third-order valence-corrected chi connectivity index (χ3v) is 3.33. The molecule has 4 nitrogen and oxygen atoms in total. The molecule has 0 saturated heterocycles. The normalized spacial score (nSPS) is 15.8. The highest BCUT2D eigenvalue weighted by Gasteiger charge is 2.19. The number of aromatic amines is 1. The van der Waals surface area contributed by atoms with E-state index in [-0.39, 0.29) is 5.97 Å². The minimum absolute atomic E-state index is 0.242. The van der Waals surface area contributed by atoms with E-state index >= 15 is 0 Å². The number of carbonyl (C=O) groups excluding carboxylic acids is 1. The molecule has 0 radical (unpaired) electrons. The maximum absolute atomic E-state index is 11.8. The largest absolute Gasteiger partial charge is 0.462 e. The van der Waals surface area contributed by atoms with E-state index in [9.17, 15) is 4.79 Å². The van der Waals surface area contributed by atoms with Crippen molar-refractivity contribution in [3.05, 3.63) is 30.1 Å². The molecular weight excluding hydrogens is 216 g/mol. The van der Waals surface area contributed by atoms with Crippen LogP contribution < -0.4 is 0 Å². The van der Waals surface area contributed by atoms with Gasteiger partial charge in [0.1, 0.15) is 0 Å². The molecule has 0 aliphatic heterocycles. The molecule has 1 aliphatic carbocycles. The number of nitrogens with zero attached hydrogens (tertiary/aromatic N) is 1. The number of rotatable bonds is 3. The Kier molecular flexibility index (Phi) is 2.55. The van der Waals surface area contributed by atoms with Gasteiger partial charge in [-0.05, 0) is 37.0 Å². The lowest BCUT2D eigenvalue weighted by Gasteiger charge is -2.24. The average Bonchev–Trinajstić information content (AvgIpc) is 2.73. The Hall–Kier alpha value is -1.84. The number of benzene rings is 1. The molecule has 1 fully saturated rings. The molecule has 17 heavy (non-hydrogen) atoms. The van der Waals surface area contributed by atoms with Crippen molar-refractivity contribution in [3.8, 4) is 0 Å². The summed E-state index contributed by atoms with van der Waals surface area (Å²) < 4.78 is 5.28. The Labute approximate surface area is 99.0 Å². The molecule has 1 aliphatic rings. The van der Waals surface area contributed by atoms with Crippen LogP contribution in [0.5, 0.6) is 0 Å². The number of hydrogen-bond donors (Lipinski definition) is 1. The van der Waals surface area contributed by atoms with E-state index in [2.05, 4.69) is 9.97 Å². The van der Waals surface area contributed by atoms with Crippen LogP contribution in [0.15, 0.2) is 24.5 Å². The number of imidazole rings is 1. The highest BCUT2D eigenvalue weighted by molar-refractivity contribution is 5.93. The predicted octanol–water partition coefficient (Wildman–Crippen LogP) is 2.52. The summed E-state index contributed by atoms with van der Waals surface area (Å²) in [6.07, 6.45) is 5.26. The van der Waals surface area contributed by atoms with Crippen LogP contribution in [0.3, 0.4) is 0 Å². The molecule has 1 aromatic heterocycles. The fraction of sp³-hybridized carbons (Fsp3) is 0.385. The van der Waals surface area contributed by atoms with E-state index in [4.69, 9.17) is 4.74 Å². The zero-order valence-electron chi connectivity index (χ0n) is 9.48. The Morgan fingerprint density at radius 3 is 3.12 bits per heavy atom. The summed E-state index contributed by atoms with van der Waals surface area (Å²) in [4.78, 5) is 18.9. The van der Waals surface area contributed by atoms with Crippen LogP contribution >= 0.6 is 0 Å². The monoisotopic (exact) mass is 230 g/mol. The van der Waals surface area contributed by atoms with Gasteiger partial charge in [0.15, 0.2) is 0 Å². The Morgan fingerprint density at radius 2 is 2.35 bits per heavy atom. The Balaban J connectivity index is 1.70. The van der Waals surface area contributed by atoms with Crippen molar-refractivity contribution < 1.29 is 9.53 Å². The van der Waals surface area contributed by atoms with Gasteiger partial charge in [-0.3, -0.25) is 0 Å². The second-order valence-corrected chi connectivity index (χ2v) is 4.53. The van der Waals surface area contributed by atoms with Crippen molar-refractivity contribution >= 4 is 17.0 Å². The van der Waals surface area contributed by atoms with Crippen LogP contribution in [0.4, 0.5) is 0 Å². The Bertz CT molecular complexity index is 543. The van der Waals surface area contributed by atoms with Crippen molar-refractivity contribution in [1.82, 2.24) is 9.97 Å². The number of hydrogen-bond acceptors (Lipinski definition) is 3. The van der Waals surface area contributed by atoms with Gasteiger partial charge in [-0.1, -0.05) is 6.42 Å². The van der Waals surface area contributed by atoms with Gasteiger partial charge in [0.2, 0.25) is 0 Å². The molecule has 0 spiro atoms. The van der Waals surface area contributed by atoms with Crippen molar-refractivity contribution in [1.29, 1.82) is 0 Å². The fourth-order valence-electron chi connectivity index (χ4n) is 2.00. The van der Waals surface area contributed by atoms with Crippen LogP contribution in [0.1, 0.15) is 29.6 Å². The molecule has 0 atom stereocenters. The van der Waals surface area contributed by atoms with Crippen molar-refractivity contribution in [2.45, 2.75) is 19.3 Å². The van der Waals surface area contributed by atoms with Crippen molar-refractivity contribution in [2.75, 3.05) is 6.61 Å². The number of nitrogens with one attached hydrogen (secondary N) is 1. The van der Waals surface area contributed by atoms with E-state index in [1.807, 2.05) is 6.07 Å². The third-order valence-electron chi connectivity index (χ3n) is 3.33.